The lowest BCUT2D eigenvalue weighted by Gasteiger charge is -2.08. The van der Waals surface area contributed by atoms with Gasteiger partial charge in [0.2, 0.25) is 0 Å². The average Bonchev–Trinajstić information content (AvgIpc) is 2.64. The highest BCUT2D eigenvalue weighted by molar-refractivity contribution is 6.30. The van der Waals surface area contributed by atoms with Gasteiger partial charge in [-0.15, -0.1) is 0 Å². The van der Waals surface area contributed by atoms with E-state index in [1.54, 1.807) is 42.5 Å². The molecule has 26 heavy (non-hydrogen) atoms. The molecule has 0 fully saturated rings. The van der Waals surface area contributed by atoms with Gasteiger partial charge < -0.3 is 10.1 Å². The van der Waals surface area contributed by atoms with Crippen LogP contribution in [0.25, 0.3) is 0 Å². The molecule has 0 heterocycles. The van der Waals surface area contributed by atoms with Crippen LogP contribution < -0.4 is 10.1 Å². The lowest BCUT2D eigenvalue weighted by atomic mass is 10.2. The van der Waals surface area contributed by atoms with Crippen LogP contribution in [0.5, 0.6) is 5.75 Å². The smallest absolute Gasteiger partial charge is 0.346 e. The van der Waals surface area contributed by atoms with E-state index in [-0.39, 0.29) is 17.2 Å². The van der Waals surface area contributed by atoms with Crippen LogP contribution in [0.1, 0.15) is 20.7 Å². The van der Waals surface area contributed by atoms with Crippen molar-refractivity contribution in [1.82, 2.24) is 0 Å². The van der Waals surface area contributed by atoms with E-state index in [1.807, 2.05) is 0 Å². The highest BCUT2D eigenvalue weighted by Crippen LogP contribution is 2.19. The number of anilines is 1. The summed E-state index contributed by atoms with van der Waals surface area (Å²) in [7, 11) is 0. The van der Waals surface area contributed by atoms with Crippen LogP contribution in [0, 0.1) is 5.82 Å². The number of carbonyl (C=O) groups excluding carboxylic acids is 2. The van der Waals surface area contributed by atoms with Gasteiger partial charge in [0.15, 0.2) is 0 Å². The van der Waals surface area contributed by atoms with Gasteiger partial charge in [0.25, 0.3) is 5.91 Å². The lowest BCUT2D eigenvalue weighted by molar-refractivity contribution is 0.0729. The molecule has 0 bridgehead atoms. The van der Waals surface area contributed by atoms with Gasteiger partial charge in [-0.1, -0.05) is 23.7 Å². The highest BCUT2D eigenvalue weighted by Gasteiger charge is 2.13. The van der Waals surface area contributed by atoms with E-state index in [0.29, 0.717) is 16.3 Å². The summed E-state index contributed by atoms with van der Waals surface area (Å²) in [5.41, 5.74) is 0.840. The zero-order valence-corrected chi connectivity index (χ0v) is 14.2. The van der Waals surface area contributed by atoms with Gasteiger partial charge >= 0.3 is 5.97 Å². The largest absolute Gasteiger partial charge is 0.423 e. The van der Waals surface area contributed by atoms with Gasteiger partial charge in [0, 0.05) is 16.3 Å². The first-order valence-corrected chi connectivity index (χ1v) is 8.04. The SMILES string of the molecule is O=C(Nc1ccc(OC(=O)c2ccccc2F)cc1)c1ccc(Cl)cc1. The standard InChI is InChI=1S/C20H13ClFNO3/c21-14-7-5-13(6-8-14)19(24)23-15-9-11-16(12-10-15)26-20(25)17-3-1-2-4-18(17)22/h1-12H,(H,23,24). The molecule has 3 rings (SSSR count). The Labute approximate surface area is 154 Å². The molecule has 3 aromatic rings. The molecule has 0 aliphatic carbocycles. The third-order valence-corrected chi connectivity index (χ3v) is 3.77. The maximum Gasteiger partial charge on any atom is 0.346 e. The molecule has 1 N–H and O–H groups in total. The predicted molar refractivity (Wildman–Crippen MR) is 97.2 cm³/mol. The number of ether oxygens (including phenoxy) is 1. The summed E-state index contributed by atoms with van der Waals surface area (Å²) < 4.78 is 18.7. The molecule has 0 spiro atoms. The molecule has 0 unspecified atom stereocenters. The number of benzene rings is 3. The van der Waals surface area contributed by atoms with Crippen molar-refractivity contribution >= 4 is 29.2 Å². The molecule has 0 saturated heterocycles. The van der Waals surface area contributed by atoms with Gasteiger partial charge in [0.05, 0.1) is 5.56 Å². The molecule has 130 valence electrons. The van der Waals surface area contributed by atoms with Gasteiger partial charge in [-0.3, -0.25) is 4.79 Å². The van der Waals surface area contributed by atoms with E-state index >= 15 is 0 Å². The van der Waals surface area contributed by atoms with Crippen molar-refractivity contribution in [3.8, 4) is 5.75 Å². The Bertz CT molecular complexity index is 940. The molecule has 0 aliphatic rings. The molecule has 6 heteroatoms. The normalized spacial score (nSPS) is 10.2. The van der Waals surface area contributed by atoms with Crippen molar-refractivity contribution in [2.45, 2.75) is 0 Å². The average molecular weight is 370 g/mol. The molecular formula is C20H13ClFNO3. The third kappa shape index (κ3) is 4.26. The zero-order valence-electron chi connectivity index (χ0n) is 13.4. The summed E-state index contributed by atoms with van der Waals surface area (Å²) in [6, 6.07) is 18.2. The topological polar surface area (TPSA) is 55.4 Å². The van der Waals surface area contributed by atoms with Gasteiger partial charge in [-0.05, 0) is 60.7 Å². The molecule has 3 aromatic carbocycles. The second-order valence-electron chi connectivity index (χ2n) is 5.35. The van der Waals surface area contributed by atoms with Crippen molar-refractivity contribution in [1.29, 1.82) is 0 Å². The summed E-state index contributed by atoms with van der Waals surface area (Å²) in [4.78, 5) is 24.1. The fourth-order valence-corrected chi connectivity index (χ4v) is 2.33. The maximum absolute atomic E-state index is 13.6. The number of hydrogen-bond acceptors (Lipinski definition) is 3. The van der Waals surface area contributed by atoms with Crippen molar-refractivity contribution in [2.75, 3.05) is 5.32 Å². The Morgan fingerprint density at radius 2 is 1.54 bits per heavy atom. The summed E-state index contributed by atoms with van der Waals surface area (Å²) in [6.45, 7) is 0. The fraction of sp³-hybridized carbons (Fsp3) is 0. The third-order valence-electron chi connectivity index (χ3n) is 3.52. The summed E-state index contributed by atoms with van der Waals surface area (Å²) in [5.74, 6) is -1.49. The number of esters is 1. The molecular weight excluding hydrogens is 357 g/mol. The fourth-order valence-electron chi connectivity index (χ4n) is 2.20. The maximum atomic E-state index is 13.6. The summed E-state index contributed by atoms with van der Waals surface area (Å²) >= 11 is 5.79. The van der Waals surface area contributed by atoms with Crippen molar-refractivity contribution in [2.24, 2.45) is 0 Å². The minimum absolute atomic E-state index is 0.146. The van der Waals surface area contributed by atoms with Crippen LogP contribution in [0.2, 0.25) is 5.02 Å². The zero-order chi connectivity index (χ0) is 18.5. The van der Waals surface area contributed by atoms with E-state index in [4.69, 9.17) is 16.3 Å². The van der Waals surface area contributed by atoms with Crippen molar-refractivity contribution < 1.29 is 18.7 Å². The molecule has 0 aromatic heterocycles. The summed E-state index contributed by atoms with van der Waals surface area (Å²) in [6.07, 6.45) is 0. The van der Waals surface area contributed by atoms with Gasteiger partial charge in [-0.25, -0.2) is 9.18 Å². The second kappa shape index (κ2) is 7.80. The van der Waals surface area contributed by atoms with Crippen LogP contribution in [0.3, 0.4) is 0 Å². The molecule has 1 amide bonds. The molecule has 0 atom stereocenters. The van der Waals surface area contributed by atoms with E-state index in [0.717, 1.165) is 0 Å². The Kier molecular flexibility index (Phi) is 5.29. The minimum atomic E-state index is -0.791. The first-order valence-electron chi connectivity index (χ1n) is 7.66. The van der Waals surface area contributed by atoms with Crippen LogP contribution >= 0.6 is 11.6 Å². The van der Waals surface area contributed by atoms with Crippen LogP contribution in [0.4, 0.5) is 10.1 Å². The van der Waals surface area contributed by atoms with E-state index < -0.39 is 11.8 Å². The Balaban J connectivity index is 1.65. The molecule has 0 saturated carbocycles. The van der Waals surface area contributed by atoms with E-state index in [1.165, 1.54) is 30.3 Å². The summed E-state index contributed by atoms with van der Waals surface area (Å²) in [5, 5.41) is 3.26. The van der Waals surface area contributed by atoms with Crippen molar-refractivity contribution in [3.05, 3.63) is 94.8 Å². The van der Waals surface area contributed by atoms with Crippen molar-refractivity contribution in [3.63, 3.8) is 0 Å². The first-order chi connectivity index (χ1) is 12.5. The molecule has 0 radical (unpaired) electrons. The van der Waals surface area contributed by atoms with E-state index in [2.05, 4.69) is 5.32 Å². The Morgan fingerprint density at radius 1 is 0.885 bits per heavy atom. The number of carbonyl (C=O) groups is 2. The quantitative estimate of drug-likeness (QED) is 0.523. The monoisotopic (exact) mass is 369 g/mol. The van der Waals surface area contributed by atoms with Crippen LogP contribution in [0.15, 0.2) is 72.8 Å². The van der Waals surface area contributed by atoms with Crippen LogP contribution in [-0.2, 0) is 0 Å². The Hall–Kier alpha value is -3.18. The van der Waals surface area contributed by atoms with Gasteiger partial charge in [-0.2, -0.15) is 0 Å². The minimum Gasteiger partial charge on any atom is -0.423 e. The number of nitrogens with one attached hydrogen (secondary N) is 1. The number of hydrogen-bond donors (Lipinski definition) is 1. The first kappa shape index (κ1) is 17.6. The number of rotatable bonds is 4. The Morgan fingerprint density at radius 3 is 2.19 bits per heavy atom. The van der Waals surface area contributed by atoms with Crippen LogP contribution in [-0.4, -0.2) is 11.9 Å². The number of halogens is 2. The molecule has 4 nitrogen and oxygen atoms in total. The van der Waals surface area contributed by atoms with E-state index in [9.17, 15) is 14.0 Å². The highest BCUT2D eigenvalue weighted by atomic mass is 35.5. The van der Waals surface area contributed by atoms with Gasteiger partial charge in [0.1, 0.15) is 11.6 Å². The second-order valence-corrected chi connectivity index (χ2v) is 5.79. The predicted octanol–water partition coefficient (Wildman–Crippen LogP) is 4.95. The lowest BCUT2D eigenvalue weighted by Crippen LogP contribution is -2.12. The molecule has 0 aliphatic heterocycles. The number of amides is 1.